The molecule has 0 heterocycles. The lowest BCUT2D eigenvalue weighted by Crippen LogP contribution is -2.36. The molecule has 0 amide bonds. The molecule has 0 heteroatoms. The molecule has 0 aromatic carbocycles. The Bertz CT molecular complexity index is 173. The summed E-state index contributed by atoms with van der Waals surface area (Å²) < 4.78 is 0. The zero-order valence-electron chi connectivity index (χ0n) is 9.42. The van der Waals surface area contributed by atoms with Crippen LogP contribution in [0.4, 0.5) is 0 Å². The van der Waals surface area contributed by atoms with Crippen molar-refractivity contribution in [1.29, 1.82) is 0 Å². The van der Waals surface area contributed by atoms with Gasteiger partial charge in [0.1, 0.15) is 0 Å². The predicted molar refractivity (Wildman–Crippen MR) is 57.6 cm³/mol. The summed E-state index contributed by atoms with van der Waals surface area (Å²) in [4.78, 5) is 0. The molecule has 0 aromatic rings. The molecule has 13 heavy (non-hydrogen) atoms. The molecular weight excluding hydrogens is 156 g/mol. The summed E-state index contributed by atoms with van der Waals surface area (Å²) in [6.07, 6.45) is 7.45. The second kappa shape index (κ2) is 3.63. The summed E-state index contributed by atoms with van der Waals surface area (Å²) in [7, 11) is 0. The molecule has 0 aliphatic heterocycles. The summed E-state index contributed by atoms with van der Waals surface area (Å²) in [5, 5.41) is 0. The van der Waals surface area contributed by atoms with Crippen LogP contribution in [0.2, 0.25) is 0 Å². The van der Waals surface area contributed by atoms with Crippen LogP contribution in [-0.4, -0.2) is 0 Å². The Morgan fingerprint density at radius 2 is 1.77 bits per heavy atom. The van der Waals surface area contributed by atoms with Crippen LogP contribution in [0.25, 0.3) is 0 Å². The van der Waals surface area contributed by atoms with E-state index in [1.165, 1.54) is 25.7 Å². The van der Waals surface area contributed by atoms with Crippen molar-refractivity contribution in [2.75, 3.05) is 0 Å². The molecule has 2 aliphatic rings. The van der Waals surface area contributed by atoms with Crippen LogP contribution in [0.1, 0.15) is 52.9 Å². The molecule has 2 saturated carbocycles. The van der Waals surface area contributed by atoms with Gasteiger partial charge >= 0.3 is 0 Å². The Morgan fingerprint density at radius 3 is 2.23 bits per heavy atom. The van der Waals surface area contributed by atoms with Crippen LogP contribution in [0, 0.1) is 29.6 Å². The molecule has 0 spiro atoms. The van der Waals surface area contributed by atoms with Gasteiger partial charge in [0.05, 0.1) is 0 Å². The Balaban J connectivity index is 1.70. The lowest BCUT2D eigenvalue weighted by Gasteiger charge is -2.44. The fourth-order valence-electron chi connectivity index (χ4n) is 3.29. The minimum atomic E-state index is 1.06. The van der Waals surface area contributed by atoms with Crippen molar-refractivity contribution in [2.45, 2.75) is 52.9 Å². The van der Waals surface area contributed by atoms with Crippen molar-refractivity contribution >= 4 is 0 Å². The highest BCUT2D eigenvalue weighted by molar-refractivity contribution is 4.98. The number of unbranched alkanes of at least 4 members (excludes halogenated alkanes) is 1. The van der Waals surface area contributed by atoms with Gasteiger partial charge in [-0.3, -0.25) is 0 Å². The molecule has 76 valence electrons. The van der Waals surface area contributed by atoms with Gasteiger partial charge in [-0.25, -0.2) is 0 Å². The van der Waals surface area contributed by atoms with Gasteiger partial charge < -0.3 is 0 Å². The predicted octanol–water partition coefficient (Wildman–Crippen LogP) is 4.10. The standard InChI is InChI=1S/C13H24/c1-4-5-6-11-8-13(10(11)3)12-7-9(12)2/h9-13H,4-8H2,1-3H3. The molecule has 0 saturated heterocycles. The molecule has 2 rings (SSSR count). The lowest BCUT2D eigenvalue weighted by atomic mass is 9.62. The van der Waals surface area contributed by atoms with Crippen LogP contribution in [0.5, 0.6) is 0 Å². The first-order valence-corrected chi connectivity index (χ1v) is 6.24. The second-order valence-electron chi connectivity index (χ2n) is 5.54. The van der Waals surface area contributed by atoms with E-state index in [1.807, 2.05) is 0 Å². The minimum Gasteiger partial charge on any atom is -0.0654 e. The van der Waals surface area contributed by atoms with E-state index in [1.54, 1.807) is 6.42 Å². The van der Waals surface area contributed by atoms with E-state index in [9.17, 15) is 0 Å². The van der Waals surface area contributed by atoms with Gasteiger partial charge in [-0.05, 0) is 42.4 Å². The highest BCUT2D eigenvalue weighted by Crippen LogP contribution is 2.57. The molecule has 5 atom stereocenters. The lowest BCUT2D eigenvalue weighted by molar-refractivity contribution is 0.0566. The molecular formula is C13H24. The SMILES string of the molecule is CCCCC1CC(C2CC2C)C1C. The third-order valence-corrected chi connectivity index (χ3v) is 4.64. The van der Waals surface area contributed by atoms with Crippen LogP contribution >= 0.6 is 0 Å². The molecule has 5 unspecified atom stereocenters. The van der Waals surface area contributed by atoms with Gasteiger partial charge in [0, 0.05) is 0 Å². The Kier molecular flexibility index (Phi) is 2.67. The third kappa shape index (κ3) is 1.78. The monoisotopic (exact) mass is 180 g/mol. The molecule has 0 N–H and O–H groups in total. The van der Waals surface area contributed by atoms with Gasteiger partial charge in [0.25, 0.3) is 0 Å². The smallest absolute Gasteiger partial charge is 0.0352 e. The first-order chi connectivity index (χ1) is 6.24. The van der Waals surface area contributed by atoms with Crippen molar-refractivity contribution < 1.29 is 0 Å². The Morgan fingerprint density at radius 1 is 1.08 bits per heavy atom. The summed E-state index contributed by atoms with van der Waals surface area (Å²) >= 11 is 0. The molecule has 0 bridgehead atoms. The van der Waals surface area contributed by atoms with Crippen molar-refractivity contribution in [2.24, 2.45) is 29.6 Å². The zero-order chi connectivity index (χ0) is 9.42. The van der Waals surface area contributed by atoms with E-state index < -0.39 is 0 Å². The largest absolute Gasteiger partial charge is 0.0654 e. The fourth-order valence-corrected chi connectivity index (χ4v) is 3.29. The van der Waals surface area contributed by atoms with E-state index in [0.717, 1.165) is 29.6 Å². The normalized spacial score (nSPS) is 48.7. The third-order valence-electron chi connectivity index (χ3n) is 4.64. The first kappa shape index (κ1) is 9.55. The molecule has 2 fully saturated rings. The van der Waals surface area contributed by atoms with Gasteiger partial charge in [0.15, 0.2) is 0 Å². The first-order valence-electron chi connectivity index (χ1n) is 6.24. The molecule has 0 aromatic heterocycles. The van der Waals surface area contributed by atoms with Crippen LogP contribution in [0.15, 0.2) is 0 Å². The number of hydrogen-bond acceptors (Lipinski definition) is 0. The number of hydrogen-bond donors (Lipinski definition) is 0. The van der Waals surface area contributed by atoms with Crippen LogP contribution < -0.4 is 0 Å². The average molecular weight is 180 g/mol. The topological polar surface area (TPSA) is 0 Å². The average Bonchev–Trinajstić information content (AvgIpc) is 2.80. The van der Waals surface area contributed by atoms with Crippen LogP contribution in [0.3, 0.4) is 0 Å². The second-order valence-corrected chi connectivity index (χ2v) is 5.54. The fraction of sp³-hybridized carbons (Fsp3) is 1.00. The zero-order valence-corrected chi connectivity index (χ0v) is 9.42. The number of rotatable bonds is 4. The maximum Gasteiger partial charge on any atom is -0.0352 e. The summed E-state index contributed by atoms with van der Waals surface area (Å²) in [5.74, 6) is 5.48. The van der Waals surface area contributed by atoms with E-state index in [4.69, 9.17) is 0 Å². The summed E-state index contributed by atoms with van der Waals surface area (Å²) in [6.45, 7) is 7.24. The minimum absolute atomic E-state index is 1.06. The highest BCUT2D eigenvalue weighted by atomic mass is 14.5. The van der Waals surface area contributed by atoms with E-state index in [2.05, 4.69) is 20.8 Å². The van der Waals surface area contributed by atoms with Gasteiger partial charge in [-0.2, -0.15) is 0 Å². The maximum atomic E-state index is 2.50. The molecule has 0 radical (unpaired) electrons. The molecule has 0 nitrogen and oxygen atoms in total. The van der Waals surface area contributed by atoms with Crippen molar-refractivity contribution in [3.05, 3.63) is 0 Å². The summed E-state index contributed by atoms with van der Waals surface area (Å²) in [5.41, 5.74) is 0. The van der Waals surface area contributed by atoms with E-state index >= 15 is 0 Å². The highest BCUT2D eigenvalue weighted by Gasteiger charge is 2.49. The molecule has 2 aliphatic carbocycles. The Labute approximate surface area is 83.1 Å². The quantitative estimate of drug-likeness (QED) is 0.611. The van der Waals surface area contributed by atoms with E-state index in [-0.39, 0.29) is 0 Å². The van der Waals surface area contributed by atoms with Gasteiger partial charge in [-0.15, -0.1) is 0 Å². The van der Waals surface area contributed by atoms with Gasteiger partial charge in [0.2, 0.25) is 0 Å². The van der Waals surface area contributed by atoms with Crippen molar-refractivity contribution in [1.82, 2.24) is 0 Å². The maximum absolute atomic E-state index is 2.50. The van der Waals surface area contributed by atoms with Crippen LogP contribution in [-0.2, 0) is 0 Å². The van der Waals surface area contributed by atoms with Crippen molar-refractivity contribution in [3.8, 4) is 0 Å². The van der Waals surface area contributed by atoms with Gasteiger partial charge in [-0.1, -0.05) is 40.0 Å². The summed E-state index contributed by atoms with van der Waals surface area (Å²) in [6, 6.07) is 0. The van der Waals surface area contributed by atoms with Crippen molar-refractivity contribution in [3.63, 3.8) is 0 Å². The Hall–Kier alpha value is 0. The van der Waals surface area contributed by atoms with E-state index in [0.29, 0.717) is 0 Å².